The highest BCUT2D eigenvalue weighted by Crippen LogP contribution is 2.47. The van der Waals surface area contributed by atoms with E-state index in [4.69, 9.17) is 4.74 Å². The highest BCUT2D eigenvalue weighted by atomic mass is 16.5. The van der Waals surface area contributed by atoms with Gasteiger partial charge in [0.1, 0.15) is 5.75 Å². The lowest BCUT2D eigenvalue weighted by molar-refractivity contribution is 0.0686. The van der Waals surface area contributed by atoms with Crippen LogP contribution in [0.3, 0.4) is 0 Å². The number of ether oxygens (including phenoxy) is 1. The lowest BCUT2D eigenvalue weighted by Crippen LogP contribution is -2.26. The molecule has 2 unspecified atom stereocenters. The minimum atomic E-state index is -0.244. The summed E-state index contributed by atoms with van der Waals surface area (Å²) in [4.78, 5) is 4.38. The third-order valence-corrected chi connectivity index (χ3v) is 6.09. The number of aliphatic hydroxyl groups is 1. The molecule has 1 fully saturated rings. The summed E-state index contributed by atoms with van der Waals surface area (Å²) in [6.45, 7) is 2.92. The number of imidazole rings is 1. The summed E-state index contributed by atoms with van der Waals surface area (Å²) in [6, 6.07) is 6.49. The summed E-state index contributed by atoms with van der Waals surface area (Å²) >= 11 is 0. The minimum absolute atomic E-state index is 0.161. The van der Waals surface area contributed by atoms with E-state index in [-0.39, 0.29) is 12.1 Å². The molecule has 0 saturated heterocycles. The molecule has 1 aliphatic heterocycles. The SMILES string of the molecule is CCCCOc1cccc2c1-c1cncn1C2CC(O)C1CCCCC1. The Balaban J connectivity index is 1.59. The van der Waals surface area contributed by atoms with Crippen LogP contribution in [0.25, 0.3) is 11.3 Å². The fourth-order valence-corrected chi connectivity index (χ4v) is 4.62. The average molecular weight is 354 g/mol. The van der Waals surface area contributed by atoms with Gasteiger partial charge in [-0.3, -0.25) is 0 Å². The molecule has 1 saturated carbocycles. The quantitative estimate of drug-likeness (QED) is 0.715. The van der Waals surface area contributed by atoms with E-state index in [2.05, 4.69) is 34.7 Å². The van der Waals surface area contributed by atoms with Gasteiger partial charge in [0.15, 0.2) is 0 Å². The van der Waals surface area contributed by atoms with Crippen LogP contribution < -0.4 is 4.74 Å². The zero-order chi connectivity index (χ0) is 17.9. The van der Waals surface area contributed by atoms with Gasteiger partial charge in [0, 0.05) is 5.56 Å². The van der Waals surface area contributed by atoms with E-state index in [0.717, 1.165) is 50.2 Å². The minimum Gasteiger partial charge on any atom is -0.493 e. The number of hydrogen-bond acceptors (Lipinski definition) is 3. The van der Waals surface area contributed by atoms with Crippen LogP contribution in [0.4, 0.5) is 0 Å². The number of rotatable bonds is 7. The maximum atomic E-state index is 10.9. The van der Waals surface area contributed by atoms with Crippen molar-refractivity contribution >= 4 is 0 Å². The first-order valence-electron chi connectivity index (χ1n) is 10.3. The first-order chi connectivity index (χ1) is 12.8. The number of hydrogen-bond donors (Lipinski definition) is 1. The van der Waals surface area contributed by atoms with Crippen LogP contribution in [0, 0.1) is 5.92 Å². The monoisotopic (exact) mass is 354 g/mol. The Hall–Kier alpha value is -1.81. The number of aliphatic hydroxyl groups excluding tert-OH is 1. The van der Waals surface area contributed by atoms with Crippen molar-refractivity contribution in [1.82, 2.24) is 9.55 Å². The van der Waals surface area contributed by atoms with Crippen molar-refractivity contribution in [2.75, 3.05) is 6.61 Å². The van der Waals surface area contributed by atoms with Gasteiger partial charge in [-0.15, -0.1) is 0 Å². The van der Waals surface area contributed by atoms with E-state index < -0.39 is 0 Å². The van der Waals surface area contributed by atoms with Crippen molar-refractivity contribution in [3.05, 3.63) is 36.3 Å². The molecule has 2 atom stereocenters. The van der Waals surface area contributed by atoms with E-state index in [1.807, 2.05) is 12.5 Å². The van der Waals surface area contributed by atoms with Crippen molar-refractivity contribution < 1.29 is 9.84 Å². The van der Waals surface area contributed by atoms with Crippen molar-refractivity contribution in [1.29, 1.82) is 0 Å². The molecule has 1 aliphatic carbocycles. The van der Waals surface area contributed by atoms with E-state index >= 15 is 0 Å². The summed E-state index contributed by atoms with van der Waals surface area (Å²) < 4.78 is 8.31. The highest BCUT2D eigenvalue weighted by molar-refractivity contribution is 5.75. The van der Waals surface area contributed by atoms with Crippen LogP contribution in [-0.4, -0.2) is 27.4 Å². The fourth-order valence-electron chi connectivity index (χ4n) is 4.62. The second-order valence-electron chi connectivity index (χ2n) is 7.83. The molecule has 1 aromatic carbocycles. The van der Waals surface area contributed by atoms with E-state index in [1.165, 1.54) is 30.4 Å². The van der Waals surface area contributed by atoms with Gasteiger partial charge in [-0.05, 0) is 43.2 Å². The maximum absolute atomic E-state index is 10.9. The molecular formula is C22H30N2O2. The van der Waals surface area contributed by atoms with Crippen molar-refractivity contribution in [2.45, 2.75) is 70.4 Å². The molecule has 4 nitrogen and oxygen atoms in total. The van der Waals surface area contributed by atoms with Crippen molar-refractivity contribution in [2.24, 2.45) is 5.92 Å². The third-order valence-electron chi connectivity index (χ3n) is 6.09. The standard InChI is InChI=1S/C22H30N2O2/c1-2-3-12-26-21-11-7-10-17-18(24-15-23-14-19(24)22(17)21)13-20(25)16-8-5-4-6-9-16/h7,10-11,14-16,18,20,25H,2-6,8-9,12-13H2,1H3. The fraction of sp³-hybridized carbons (Fsp3) is 0.591. The summed E-state index contributed by atoms with van der Waals surface area (Å²) in [5.74, 6) is 1.40. The molecule has 0 radical (unpaired) electrons. The van der Waals surface area contributed by atoms with Crippen LogP contribution in [0.1, 0.15) is 69.9 Å². The largest absolute Gasteiger partial charge is 0.493 e. The normalized spacial score (nSPS) is 20.6. The Labute approximate surface area is 156 Å². The summed E-state index contributed by atoms with van der Waals surface area (Å²) in [5.41, 5.74) is 3.56. The number of fused-ring (bicyclic) bond motifs is 3. The van der Waals surface area contributed by atoms with Gasteiger partial charge in [-0.1, -0.05) is 44.7 Å². The van der Waals surface area contributed by atoms with Gasteiger partial charge in [0.2, 0.25) is 0 Å². The van der Waals surface area contributed by atoms with Crippen LogP contribution >= 0.6 is 0 Å². The van der Waals surface area contributed by atoms with E-state index in [9.17, 15) is 5.11 Å². The zero-order valence-electron chi connectivity index (χ0n) is 15.7. The summed E-state index contributed by atoms with van der Waals surface area (Å²) in [6.07, 6.45) is 12.7. The molecule has 0 spiro atoms. The highest BCUT2D eigenvalue weighted by Gasteiger charge is 2.34. The topological polar surface area (TPSA) is 47.3 Å². The van der Waals surface area contributed by atoms with E-state index in [0.29, 0.717) is 5.92 Å². The average Bonchev–Trinajstić information content (AvgIpc) is 3.25. The Morgan fingerprint density at radius 2 is 2.12 bits per heavy atom. The van der Waals surface area contributed by atoms with Crippen LogP contribution in [0.5, 0.6) is 5.75 Å². The lowest BCUT2D eigenvalue weighted by atomic mass is 9.82. The molecule has 140 valence electrons. The molecule has 2 aromatic rings. The van der Waals surface area contributed by atoms with Gasteiger partial charge >= 0.3 is 0 Å². The maximum Gasteiger partial charge on any atom is 0.129 e. The first-order valence-corrected chi connectivity index (χ1v) is 10.3. The van der Waals surface area contributed by atoms with Crippen molar-refractivity contribution in [3.8, 4) is 17.0 Å². The van der Waals surface area contributed by atoms with Crippen LogP contribution in [-0.2, 0) is 0 Å². The Morgan fingerprint density at radius 1 is 1.27 bits per heavy atom. The van der Waals surface area contributed by atoms with Crippen LogP contribution in [0.2, 0.25) is 0 Å². The van der Waals surface area contributed by atoms with Gasteiger partial charge in [-0.25, -0.2) is 4.98 Å². The molecule has 0 amide bonds. The molecule has 4 rings (SSSR count). The van der Waals surface area contributed by atoms with E-state index in [1.54, 1.807) is 0 Å². The van der Waals surface area contributed by atoms with Crippen LogP contribution in [0.15, 0.2) is 30.7 Å². The predicted octanol–water partition coefficient (Wildman–Crippen LogP) is 4.96. The second-order valence-corrected chi connectivity index (χ2v) is 7.83. The van der Waals surface area contributed by atoms with Gasteiger partial charge < -0.3 is 14.4 Å². The lowest BCUT2D eigenvalue weighted by Gasteiger charge is -2.29. The van der Waals surface area contributed by atoms with Gasteiger partial charge in [-0.2, -0.15) is 0 Å². The predicted molar refractivity (Wildman–Crippen MR) is 103 cm³/mol. The summed E-state index contributed by atoms with van der Waals surface area (Å²) in [5, 5.41) is 10.9. The molecule has 2 aliphatic rings. The molecule has 4 heteroatoms. The Morgan fingerprint density at radius 3 is 2.92 bits per heavy atom. The van der Waals surface area contributed by atoms with Gasteiger partial charge in [0.05, 0.1) is 37.0 Å². The molecule has 26 heavy (non-hydrogen) atoms. The molecule has 0 bridgehead atoms. The number of benzene rings is 1. The molecule has 1 aromatic heterocycles. The first kappa shape index (κ1) is 17.6. The van der Waals surface area contributed by atoms with Gasteiger partial charge in [0.25, 0.3) is 0 Å². The Bertz CT molecular complexity index is 733. The summed E-state index contributed by atoms with van der Waals surface area (Å²) in [7, 11) is 0. The van der Waals surface area contributed by atoms with Crippen molar-refractivity contribution in [3.63, 3.8) is 0 Å². The molecular weight excluding hydrogens is 324 g/mol. The third kappa shape index (κ3) is 3.27. The number of aromatic nitrogens is 2. The Kier molecular flexibility index (Phi) is 5.30. The number of unbranched alkanes of at least 4 members (excludes halogenated alkanes) is 1. The smallest absolute Gasteiger partial charge is 0.129 e. The zero-order valence-corrected chi connectivity index (χ0v) is 15.7. The molecule has 1 N–H and O–H groups in total. The number of nitrogens with zero attached hydrogens (tertiary/aromatic N) is 2. The molecule has 2 heterocycles. The second kappa shape index (κ2) is 7.83.